The fourth-order valence-electron chi connectivity index (χ4n) is 1.60. The van der Waals surface area contributed by atoms with Crippen molar-refractivity contribution in [1.82, 2.24) is 4.98 Å². The molecule has 1 rings (SSSR count). The molecule has 0 aliphatic heterocycles. The zero-order valence-electron chi connectivity index (χ0n) is 12.7. The number of rotatable bonds is 5. The maximum atomic E-state index is 12.6. The molecular formula is C17H16F3NO2. The molecule has 3 nitrogen and oxygen atoms in total. The summed E-state index contributed by atoms with van der Waals surface area (Å²) in [5.74, 6) is 1.28. The van der Waals surface area contributed by atoms with Crippen molar-refractivity contribution in [2.75, 3.05) is 0 Å². The molecule has 0 bridgehead atoms. The molecule has 0 saturated carbocycles. The maximum absolute atomic E-state index is 12.6. The van der Waals surface area contributed by atoms with E-state index in [-0.39, 0.29) is 18.2 Å². The van der Waals surface area contributed by atoms with Crippen molar-refractivity contribution in [2.24, 2.45) is 0 Å². The summed E-state index contributed by atoms with van der Waals surface area (Å²) in [5, 5.41) is 0. The number of pyridine rings is 1. The Labute approximate surface area is 132 Å². The summed E-state index contributed by atoms with van der Waals surface area (Å²) < 4.78 is 42.9. The summed E-state index contributed by atoms with van der Waals surface area (Å²) in [7, 11) is 0. The number of nitrogens with zero attached hydrogens (tertiary/aromatic N) is 1. The van der Waals surface area contributed by atoms with E-state index in [2.05, 4.69) is 4.98 Å². The molecule has 1 heterocycles. The van der Waals surface area contributed by atoms with Crippen molar-refractivity contribution in [3.05, 3.63) is 53.4 Å². The lowest BCUT2D eigenvalue weighted by atomic mass is 10.1. The smallest absolute Gasteiger partial charge is 0.417 e. The van der Waals surface area contributed by atoms with Crippen molar-refractivity contribution in [2.45, 2.75) is 32.5 Å². The van der Waals surface area contributed by atoms with Gasteiger partial charge in [-0.05, 0) is 26.0 Å². The van der Waals surface area contributed by atoms with Crippen LogP contribution in [0.3, 0.4) is 0 Å². The Morgan fingerprint density at radius 1 is 1.43 bits per heavy atom. The lowest BCUT2D eigenvalue weighted by Crippen LogP contribution is -2.13. The van der Waals surface area contributed by atoms with Gasteiger partial charge in [0.15, 0.2) is 0 Å². The van der Waals surface area contributed by atoms with Crippen LogP contribution in [0.5, 0.6) is 0 Å². The molecule has 0 aliphatic carbocycles. The number of hydrogen-bond donors (Lipinski definition) is 0. The number of carbonyl (C=O) groups is 1. The van der Waals surface area contributed by atoms with Crippen molar-refractivity contribution in [3.63, 3.8) is 0 Å². The van der Waals surface area contributed by atoms with Gasteiger partial charge in [0.2, 0.25) is 0 Å². The van der Waals surface area contributed by atoms with E-state index in [4.69, 9.17) is 11.2 Å². The van der Waals surface area contributed by atoms with Crippen molar-refractivity contribution in [3.8, 4) is 12.3 Å². The Kier molecular flexibility index (Phi) is 6.58. The van der Waals surface area contributed by atoms with E-state index >= 15 is 0 Å². The summed E-state index contributed by atoms with van der Waals surface area (Å²) in [6, 6.07) is 4.68. The predicted octanol–water partition coefficient (Wildman–Crippen LogP) is 3.87. The Bertz CT molecular complexity index is 653. The van der Waals surface area contributed by atoms with Gasteiger partial charge in [-0.15, -0.1) is 6.42 Å². The summed E-state index contributed by atoms with van der Waals surface area (Å²) >= 11 is 0. The number of hydrogen-bond acceptors (Lipinski definition) is 3. The highest BCUT2D eigenvalue weighted by Gasteiger charge is 2.31. The van der Waals surface area contributed by atoms with Crippen LogP contribution in [0.25, 0.3) is 0 Å². The lowest BCUT2D eigenvalue weighted by Gasteiger charge is -2.08. The first kappa shape index (κ1) is 18.5. The number of alkyl halides is 3. The van der Waals surface area contributed by atoms with Crippen molar-refractivity contribution < 1.29 is 22.7 Å². The quantitative estimate of drug-likeness (QED) is 0.469. The Hall–Kier alpha value is -2.55. The van der Waals surface area contributed by atoms with E-state index in [1.54, 1.807) is 26.0 Å². The van der Waals surface area contributed by atoms with Crippen LogP contribution in [0.4, 0.5) is 13.2 Å². The molecule has 0 aromatic carbocycles. The van der Waals surface area contributed by atoms with E-state index < -0.39 is 17.7 Å². The molecule has 0 saturated heterocycles. The minimum absolute atomic E-state index is 0.111. The number of aromatic nitrogens is 1. The summed E-state index contributed by atoms with van der Waals surface area (Å²) in [6.45, 7) is 3.42. The third kappa shape index (κ3) is 6.39. The molecule has 0 atom stereocenters. The SMILES string of the molecule is C#C/C=C(\C=C/Cc1cccc(C(=O)OC(C)C)n1)C(F)(F)F. The first-order valence-electron chi connectivity index (χ1n) is 6.81. The number of carbonyl (C=O) groups excluding carboxylic acids is 1. The first-order valence-corrected chi connectivity index (χ1v) is 6.81. The summed E-state index contributed by atoms with van der Waals surface area (Å²) in [4.78, 5) is 15.8. The molecule has 0 unspecified atom stereocenters. The second-order valence-corrected chi connectivity index (χ2v) is 4.84. The number of terminal acetylenes is 1. The highest BCUT2D eigenvalue weighted by atomic mass is 19.4. The summed E-state index contributed by atoms with van der Waals surface area (Å²) in [5.41, 5.74) is -0.364. The normalized spacial score (nSPS) is 12.5. The van der Waals surface area contributed by atoms with E-state index in [9.17, 15) is 18.0 Å². The van der Waals surface area contributed by atoms with Crippen LogP contribution >= 0.6 is 0 Å². The standard InChI is InChI=1S/C17H16F3NO2/c1-4-7-13(17(18,19)20)8-5-9-14-10-6-11-15(21-14)16(22)23-12(2)3/h1,5-8,10-12H,9H2,2-3H3/b8-5-,13-7+. The van der Waals surface area contributed by atoms with Gasteiger partial charge in [0.25, 0.3) is 0 Å². The first-order chi connectivity index (χ1) is 10.7. The van der Waals surface area contributed by atoms with Gasteiger partial charge in [-0.3, -0.25) is 0 Å². The third-order valence-corrected chi connectivity index (χ3v) is 2.55. The van der Waals surface area contributed by atoms with E-state index in [0.29, 0.717) is 11.8 Å². The predicted molar refractivity (Wildman–Crippen MR) is 80.6 cm³/mol. The van der Waals surface area contributed by atoms with Gasteiger partial charge in [0, 0.05) is 18.2 Å². The molecule has 1 aromatic heterocycles. The zero-order valence-corrected chi connectivity index (χ0v) is 12.7. The lowest BCUT2D eigenvalue weighted by molar-refractivity contribution is -0.0881. The third-order valence-electron chi connectivity index (χ3n) is 2.55. The number of halogens is 3. The molecule has 122 valence electrons. The number of ether oxygens (including phenoxy) is 1. The molecule has 0 amide bonds. The largest absolute Gasteiger partial charge is 0.458 e. The molecule has 0 radical (unpaired) electrons. The average Bonchev–Trinajstić information content (AvgIpc) is 2.45. The van der Waals surface area contributed by atoms with Crippen LogP contribution in [0.1, 0.15) is 30.0 Å². The molecule has 23 heavy (non-hydrogen) atoms. The Morgan fingerprint density at radius 2 is 2.13 bits per heavy atom. The second-order valence-electron chi connectivity index (χ2n) is 4.84. The van der Waals surface area contributed by atoms with Crippen LogP contribution in [-0.2, 0) is 11.2 Å². The summed E-state index contributed by atoms with van der Waals surface area (Å²) in [6.07, 6.45) is 3.04. The van der Waals surface area contributed by atoms with Crippen LogP contribution in [-0.4, -0.2) is 23.2 Å². The Balaban J connectivity index is 2.83. The minimum atomic E-state index is -4.51. The maximum Gasteiger partial charge on any atom is 0.417 e. The van der Waals surface area contributed by atoms with Gasteiger partial charge in [0.1, 0.15) is 5.69 Å². The highest BCUT2D eigenvalue weighted by Crippen LogP contribution is 2.26. The van der Waals surface area contributed by atoms with Crippen molar-refractivity contribution in [1.29, 1.82) is 0 Å². The van der Waals surface area contributed by atoms with Gasteiger partial charge < -0.3 is 4.74 Å². The van der Waals surface area contributed by atoms with E-state index in [0.717, 1.165) is 6.08 Å². The molecular weight excluding hydrogens is 307 g/mol. The second kappa shape index (κ2) is 8.18. The molecule has 0 spiro atoms. The van der Waals surface area contributed by atoms with Crippen LogP contribution < -0.4 is 0 Å². The fraction of sp³-hybridized carbons (Fsp3) is 0.294. The van der Waals surface area contributed by atoms with Crippen LogP contribution in [0.2, 0.25) is 0 Å². The van der Waals surface area contributed by atoms with Gasteiger partial charge in [0.05, 0.1) is 11.7 Å². The van der Waals surface area contributed by atoms with Gasteiger partial charge in [-0.2, -0.15) is 13.2 Å². The van der Waals surface area contributed by atoms with E-state index in [1.165, 1.54) is 12.1 Å². The monoisotopic (exact) mass is 323 g/mol. The molecule has 0 fully saturated rings. The number of allylic oxidation sites excluding steroid dienone is 4. The average molecular weight is 323 g/mol. The van der Waals surface area contributed by atoms with Crippen molar-refractivity contribution >= 4 is 5.97 Å². The van der Waals surface area contributed by atoms with Gasteiger partial charge in [-0.25, -0.2) is 9.78 Å². The van der Waals surface area contributed by atoms with Crippen LogP contribution in [0, 0.1) is 12.3 Å². The van der Waals surface area contributed by atoms with E-state index in [1.807, 2.05) is 5.92 Å². The zero-order chi connectivity index (χ0) is 17.5. The van der Waals surface area contributed by atoms with Crippen LogP contribution in [0.15, 0.2) is 42.0 Å². The van der Waals surface area contributed by atoms with Gasteiger partial charge >= 0.3 is 12.1 Å². The molecule has 0 N–H and O–H groups in total. The minimum Gasteiger partial charge on any atom is -0.458 e. The number of esters is 1. The fourth-order valence-corrected chi connectivity index (χ4v) is 1.60. The van der Waals surface area contributed by atoms with Gasteiger partial charge in [-0.1, -0.05) is 24.1 Å². The topological polar surface area (TPSA) is 39.2 Å². The highest BCUT2D eigenvalue weighted by molar-refractivity contribution is 5.87. The Morgan fingerprint density at radius 3 is 2.70 bits per heavy atom. The molecule has 1 aromatic rings. The molecule has 6 heteroatoms. The molecule has 0 aliphatic rings.